The van der Waals surface area contributed by atoms with Crippen molar-refractivity contribution in [1.29, 1.82) is 5.26 Å². The van der Waals surface area contributed by atoms with Crippen LogP contribution in [0.1, 0.15) is 25.5 Å². The lowest BCUT2D eigenvalue weighted by Crippen LogP contribution is -2.40. The molecule has 0 aromatic carbocycles. The Morgan fingerprint density at radius 1 is 1.68 bits per heavy atom. The zero-order chi connectivity index (χ0) is 13.7. The van der Waals surface area contributed by atoms with Gasteiger partial charge in [0.15, 0.2) is 0 Å². The molecular weight excluding hydrogens is 242 g/mol. The minimum absolute atomic E-state index is 0.00801. The summed E-state index contributed by atoms with van der Waals surface area (Å²) in [6.45, 7) is 3.81. The molecule has 1 aromatic rings. The second-order valence-corrected chi connectivity index (χ2v) is 4.89. The van der Waals surface area contributed by atoms with Crippen molar-refractivity contribution in [3.63, 3.8) is 0 Å². The van der Waals surface area contributed by atoms with Crippen molar-refractivity contribution >= 4 is 5.91 Å². The largest absolute Gasteiger partial charge is 0.467 e. The summed E-state index contributed by atoms with van der Waals surface area (Å²) in [4.78, 5) is 14.3. The first-order valence-corrected chi connectivity index (χ1v) is 6.64. The Balaban J connectivity index is 2.03. The fraction of sp³-hybridized carbons (Fsp3) is 0.571. The maximum atomic E-state index is 12.5. The Morgan fingerprint density at radius 3 is 3.11 bits per heavy atom. The predicted octanol–water partition coefficient (Wildman–Crippen LogP) is 1.52. The van der Waals surface area contributed by atoms with Gasteiger partial charge in [-0.25, -0.2) is 0 Å². The van der Waals surface area contributed by atoms with Gasteiger partial charge in [0.25, 0.3) is 0 Å². The summed E-state index contributed by atoms with van der Waals surface area (Å²) in [6, 6.07) is 5.95. The van der Waals surface area contributed by atoms with Gasteiger partial charge in [0.05, 0.1) is 31.2 Å². The van der Waals surface area contributed by atoms with Crippen molar-refractivity contribution in [2.75, 3.05) is 13.1 Å². The molecular formula is C14H19N3O2. The molecule has 0 aliphatic carbocycles. The van der Waals surface area contributed by atoms with Crippen LogP contribution in [-0.4, -0.2) is 29.9 Å². The van der Waals surface area contributed by atoms with Crippen LogP contribution in [0, 0.1) is 17.2 Å². The summed E-state index contributed by atoms with van der Waals surface area (Å²) >= 11 is 0. The molecule has 1 saturated heterocycles. The van der Waals surface area contributed by atoms with Crippen LogP contribution in [0.2, 0.25) is 0 Å². The third-order valence-corrected chi connectivity index (χ3v) is 3.57. The van der Waals surface area contributed by atoms with E-state index in [-0.39, 0.29) is 17.9 Å². The number of furan rings is 1. The zero-order valence-electron chi connectivity index (χ0n) is 11.1. The van der Waals surface area contributed by atoms with Crippen LogP contribution in [0.4, 0.5) is 0 Å². The van der Waals surface area contributed by atoms with Crippen LogP contribution < -0.4 is 5.32 Å². The van der Waals surface area contributed by atoms with Crippen LogP contribution >= 0.6 is 0 Å². The number of nitrogens with zero attached hydrogens (tertiary/aromatic N) is 2. The Labute approximate surface area is 113 Å². The molecule has 1 aliphatic rings. The van der Waals surface area contributed by atoms with Gasteiger partial charge in [0.1, 0.15) is 5.76 Å². The van der Waals surface area contributed by atoms with Gasteiger partial charge in [-0.1, -0.05) is 0 Å². The van der Waals surface area contributed by atoms with Crippen LogP contribution in [0.15, 0.2) is 22.8 Å². The number of carbonyl (C=O) groups is 1. The molecule has 0 saturated carbocycles. The van der Waals surface area contributed by atoms with Crippen molar-refractivity contribution in [2.45, 2.75) is 32.4 Å². The van der Waals surface area contributed by atoms with E-state index in [0.29, 0.717) is 19.5 Å². The van der Waals surface area contributed by atoms with Crippen LogP contribution in [0.5, 0.6) is 0 Å². The van der Waals surface area contributed by atoms with Gasteiger partial charge in [-0.05, 0) is 32.0 Å². The third kappa shape index (κ3) is 3.36. The maximum Gasteiger partial charge on any atom is 0.227 e. The number of hydrogen-bond donors (Lipinski definition) is 1. The average Bonchev–Trinajstić information content (AvgIpc) is 3.05. The molecule has 1 fully saturated rings. The van der Waals surface area contributed by atoms with E-state index in [2.05, 4.69) is 11.4 Å². The fourth-order valence-corrected chi connectivity index (χ4v) is 2.47. The first kappa shape index (κ1) is 13.6. The van der Waals surface area contributed by atoms with E-state index in [4.69, 9.17) is 9.68 Å². The van der Waals surface area contributed by atoms with E-state index in [1.807, 2.05) is 19.1 Å². The minimum Gasteiger partial charge on any atom is -0.467 e. The molecule has 2 rings (SSSR count). The Hall–Kier alpha value is -1.80. The highest BCUT2D eigenvalue weighted by Gasteiger charge is 2.32. The molecule has 2 unspecified atom stereocenters. The first-order chi connectivity index (χ1) is 9.22. The summed E-state index contributed by atoms with van der Waals surface area (Å²) in [7, 11) is 0. The molecule has 5 nitrogen and oxygen atoms in total. The molecule has 0 spiro atoms. The van der Waals surface area contributed by atoms with E-state index in [0.717, 1.165) is 18.7 Å². The Bertz CT molecular complexity index is 450. The predicted molar refractivity (Wildman–Crippen MR) is 69.9 cm³/mol. The summed E-state index contributed by atoms with van der Waals surface area (Å²) in [5.41, 5.74) is 0. The molecule has 102 valence electrons. The van der Waals surface area contributed by atoms with E-state index in [1.165, 1.54) is 0 Å². The molecule has 19 heavy (non-hydrogen) atoms. The SMILES string of the molecule is CC1NCCC1C(=O)N(CCC#N)Cc1ccco1. The monoisotopic (exact) mass is 261 g/mol. The van der Waals surface area contributed by atoms with Gasteiger partial charge in [-0.3, -0.25) is 4.79 Å². The lowest BCUT2D eigenvalue weighted by molar-refractivity contribution is -0.136. The van der Waals surface area contributed by atoms with Crippen molar-refractivity contribution in [1.82, 2.24) is 10.2 Å². The van der Waals surface area contributed by atoms with Gasteiger partial charge in [-0.2, -0.15) is 5.26 Å². The number of rotatable bonds is 5. The molecule has 1 aromatic heterocycles. The normalized spacial score (nSPS) is 22.1. The summed E-state index contributed by atoms with van der Waals surface area (Å²) in [6.07, 6.45) is 2.81. The summed E-state index contributed by atoms with van der Waals surface area (Å²) < 4.78 is 5.29. The number of hydrogen-bond acceptors (Lipinski definition) is 4. The molecule has 1 amide bonds. The molecule has 0 bridgehead atoms. The standard InChI is InChI=1S/C14H19N3O2/c1-11-13(5-7-16-11)14(18)17(8-3-6-15)10-12-4-2-9-19-12/h2,4,9,11,13,16H,3,5,7-8,10H2,1H3. The number of nitrogens with one attached hydrogen (secondary N) is 1. The van der Waals surface area contributed by atoms with Gasteiger partial charge < -0.3 is 14.6 Å². The van der Waals surface area contributed by atoms with Crippen molar-refractivity contribution in [3.05, 3.63) is 24.2 Å². The second kappa shape index (κ2) is 6.39. The van der Waals surface area contributed by atoms with Crippen molar-refractivity contribution in [2.24, 2.45) is 5.92 Å². The molecule has 5 heteroatoms. The number of amides is 1. The fourth-order valence-electron chi connectivity index (χ4n) is 2.47. The highest BCUT2D eigenvalue weighted by atomic mass is 16.3. The molecule has 2 heterocycles. The van der Waals surface area contributed by atoms with Crippen LogP contribution in [-0.2, 0) is 11.3 Å². The van der Waals surface area contributed by atoms with Crippen molar-refractivity contribution in [3.8, 4) is 6.07 Å². The highest BCUT2D eigenvalue weighted by Crippen LogP contribution is 2.19. The average molecular weight is 261 g/mol. The zero-order valence-corrected chi connectivity index (χ0v) is 11.1. The lowest BCUT2D eigenvalue weighted by atomic mass is 10.00. The molecule has 1 aliphatic heterocycles. The Morgan fingerprint density at radius 2 is 2.53 bits per heavy atom. The smallest absolute Gasteiger partial charge is 0.227 e. The third-order valence-electron chi connectivity index (χ3n) is 3.57. The van der Waals surface area contributed by atoms with Crippen LogP contribution in [0.25, 0.3) is 0 Å². The van der Waals surface area contributed by atoms with Gasteiger partial charge in [-0.15, -0.1) is 0 Å². The van der Waals surface area contributed by atoms with E-state index in [9.17, 15) is 4.79 Å². The van der Waals surface area contributed by atoms with E-state index < -0.39 is 0 Å². The minimum atomic E-state index is 0.00801. The van der Waals surface area contributed by atoms with Gasteiger partial charge in [0.2, 0.25) is 5.91 Å². The van der Waals surface area contributed by atoms with E-state index >= 15 is 0 Å². The maximum absolute atomic E-state index is 12.5. The molecule has 0 radical (unpaired) electrons. The molecule has 2 atom stereocenters. The summed E-state index contributed by atoms with van der Waals surface area (Å²) in [5.74, 6) is 0.878. The number of carbonyl (C=O) groups excluding carboxylic acids is 1. The van der Waals surface area contributed by atoms with Crippen LogP contribution in [0.3, 0.4) is 0 Å². The second-order valence-electron chi connectivity index (χ2n) is 4.89. The summed E-state index contributed by atoms with van der Waals surface area (Å²) in [5, 5.41) is 12.0. The topological polar surface area (TPSA) is 69.3 Å². The van der Waals surface area contributed by atoms with Crippen molar-refractivity contribution < 1.29 is 9.21 Å². The number of nitriles is 1. The molecule has 1 N–H and O–H groups in total. The van der Waals surface area contributed by atoms with E-state index in [1.54, 1.807) is 11.2 Å². The lowest BCUT2D eigenvalue weighted by Gasteiger charge is -2.25. The van der Waals surface area contributed by atoms with Gasteiger partial charge in [0, 0.05) is 12.6 Å². The Kier molecular flexibility index (Phi) is 4.58. The highest BCUT2D eigenvalue weighted by molar-refractivity contribution is 5.79. The quantitative estimate of drug-likeness (QED) is 0.872. The van der Waals surface area contributed by atoms with Gasteiger partial charge >= 0.3 is 0 Å². The first-order valence-electron chi connectivity index (χ1n) is 6.64.